The van der Waals surface area contributed by atoms with E-state index in [1.54, 1.807) is 25.3 Å². The largest absolute Gasteiger partial charge is 0.495 e. The molecule has 1 atom stereocenters. The van der Waals surface area contributed by atoms with Crippen LogP contribution >= 0.6 is 0 Å². The molecule has 1 aromatic carbocycles. The quantitative estimate of drug-likeness (QED) is 0.780. The highest BCUT2D eigenvalue weighted by Gasteiger charge is 2.35. The number of nitrogens with one attached hydrogen (secondary N) is 1. The number of anilines is 1. The third kappa shape index (κ3) is 3.02. The molecule has 1 fully saturated rings. The topological polar surface area (TPSA) is 82.8 Å². The highest BCUT2D eigenvalue weighted by Crippen LogP contribution is 2.23. The first kappa shape index (κ1) is 14.6. The molecule has 1 aliphatic rings. The number of hydrogen-bond acceptors (Lipinski definition) is 5. The van der Waals surface area contributed by atoms with Crippen LogP contribution in [0.5, 0.6) is 5.75 Å². The molecule has 1 aliphatic heterocycles. The second kappa shape index (κ2) is 6.11. The van der Waals surface area contributed by atoms with E-state index in [1.165, 1.54) is 7.11 Å². The van der Waals surface area contributed by atoms with Crippen LogP contribution in [0.15, 0.2) is 18.2 Å². The van der Waals surface area contributed by atoms with E-state index < -0.39 is 5.60 Å². The van der Waals surface area contributed by atoms with Crippen LogP contribution in [-0.4, -0.2) is 45.5 Å². The van der Waals surface area contributed by atoms with E-state index in [0.29, 0.717) is 36.8 Å². The molecule has 1 saturated heterocycles. The number of rotatable bonds is 5. The van der Waals surface area contributed by atoms with E-state index >= 15 is 0 Å². The highest BCUT2D eigenvalue weighted by molar-refractivity contribution is 5.95. The van der Waals surface area contributed by atoms with Gasteiger partial charge in [0.2, 0.25) is 0 Å². The number of methoxy groups -OCH3 is 2. The zero-order valence-corrected chi connectivity index (χ0v) is 11.8. The zero-order chi connectivity index (χ0) is 14.6. The van der Waals surface area contributed by atoms with Crippen molar-refractivity contribution in [2.75, 3.05) is 39.7 Å². The van der Waals surface area contributed by atoms with Gasteiger partial charge in [0, 0.05) is 32.2 Å². The standard InChI is InChI=1S/C14H20N2O4/c1-18-12-7-10(3-4-11(12)15)13(17)16-8-14(19-2)5-6-20-9-14/h3-4,7H,5-6,8-9,15H2,1-2H3,(H,16,17). The fourth-order valence-corrected chi connectivity index (χ4v) is 2.16. The first-order chi connectivity index (χ1) is 9.60. The molecule has 20 heavy (non-hydrogen) atoms. The first-order valence-electron chi connectivity index (χ1n) is 6.45. The summed E-state index contributed by atoms with van der Waals surface area (Å²) in [6.07, 6.45) is 0.773. The van der Waals surface area contributed by atoms with Crippen LogP contribution in [0.1, 0.15) is 16.8 Å². The summed E-state index contributed by atoms with van der Waals surface area (Å²) < 4.78 is 15.9. The van der Waals surface area contributed by atoms with E-state index in [4.69, 9.17) is 19.9 Å². The van der Waals surface area contributed by atoms with Crippen LogP contribution in [-0.2, 0) is 9.47 Å². The lowest BCUT2D eigenvalue weighted by Crippen LogP contribution is -2.45. The second-order valence-corrected chi connectivity index (χ2v) is 4.83. The summed E-state index contributed by atoms with van der Waals surface area (Å²) in [7, 11) is 3.15. The van der Waals surface area contributed by atoms with Crippen LogP contribution < -0.4 is 15.8 Å². The predicted molar refractivity (Wildman–Crippen MR) is 74.9 cm³/mol. The molecule has 1 unspecified atom stereocenters. The smallest absolute Gasteiger partial charge is 0.251 e. The Labute approximate surface area is 118 Å². The SMILES string of the molecule is COc1cc(C(=O)NCC2(OC)CCOC2)ccc1N. The Morgan fingerprint density at radius 1 is 1.50 bits per heavy atom. The molecule has 0 spiro atoms. The van der Waals surface area contributed by atoms with Crippen LogP contribution in [0.25, 0.3) is 0 Å². The molecule has 1 aromatic rings. The monoisotopic (exact) mass is 280 g/mol. The molecule has 6 heteroatoms. The maximum Gasteiger partial charge on any atom is 0.251 e. The molecule has 0 aliphatic carbocycles. The fraction of sp³-hybridized carbons (Fsp3) is 0.500. The Bertz CT molecular complexity index is 484. The van der Waals surface area contributed by atoms with E-state index in [2.05, 4.69) is 5.32 Å². The van der Waals surface area contributed by atoms with Crippen LogP contribution in [0.4, 0.5) is 5.69 Å². The minimum atomic E-state index is -0.423. The normalized spacial score (nSPS) is 21.7. The Kier molecular flexibility index (Phi) is 4.46. The maximum atomic E-state index is 12.1. The van der Waals surface area contributed by atoms with Crippen molar-refractivity contribution in [3.8, 4) is 5.75 Å². The van der Waals surface area contributed by atoms with Gasteiger partial charge in [-0.2, -0.15) is 0 Å². The summed E-state index contributed by atoms with van der Waals surface area (Å²) in [4.78, 5) is 12.1. The van der Waals surface area contributed by atoms with Crippen LogP contribution in [0.2, 0.25) is 0 Å². The Balaban J connectivity index is 2.01. The molecule has 0 saturated carbocycles. The van der Waals surface area contributed by atoms with Gasteiger partial charge in [-0.1, -0.05) is 0 Å². The zero-order valence-electron chi connectivity index (χ0n) is 11.8. The first-order valence-corrected chi connectivity index (χ1v) is 6.45. The van der Waals surface area contributed by atoms with Gasteiger partial charge in [-0.25, -0.2) is 0 Å². The van der Waals surface area contributed by atoms with Gasteiger partial charge >= 0.3 is 0 Å². The number of carbonyl (C=O) groups is 1. The number of amides is 1. The van der Waals surface area contributed by atoms with Crippen molar-refractivity contribution in [2.24, 2.45) is 0 Å². The molecule has 3 N–H and O–H groups in total. The van der Waals surface area contributed by atoms with Crippen LogP contribution in [0.3, 0.4) is 0 Å². The lowest BCUT2D eigenvalue weighted by atomic mass is 10.0. The average Bonchev–Trinajstić information content (AvgIpc) is 2.95. The predicted octanol–water partition coefficient (Wildman–Crippen LogP) is 0.813. The van der Waals surface area contributed by atoms with E-state index in [0.717, 1.165) is 6.42 Å². The molecule has 0 radical (unpaired) electrons. The van der Waals surface area contributed by atoms with Gasteiger partial charge in [0.15, 0.2) is 0 Å². The number of hydrogen-bond donors (Lipinski definition) is 2. The summed E-state index contributed by atoms with van der Waals surface area (Å²) in [6, 6.07) is 4.94. The molecule has 0 aromatic heterocycles. The molecule has 110 valence electrons. The second-order valence-electron chi connectivity index (χ2n) is 4.83. The van der Waals surface area contributed by atoms with E-state index in [-0.39, 0.29) is 5.91 Å². The minimum Gasteiger partial charge on any atom is -0.495 e. The summed E-state index contributed by atoms with van der Waals surface area (Å²) in [5.41, 5.74) is 6.30. The molecule has 2 rings (SSSR count). The Morgan fingerprint density at radius 2 is 2.30 bits per heavy atom. The minimum absolute atomic E-state index is 0.188. The number of carbonyl (C=O) groups excluding carboxylic acids is 1. The summed E-state index contributed by atoms with van der Waals surface area (Å²) in [5, 5.41) is 2.86. The van der Waals surface area contributed by atoms with Crippen LogP contribution in [0, 0.1) is 0 Å². The van der Waals surface area contributed by atoms with Crippen molar-refractivity contribution in [2.45, 2.75) is 12.0 Å². The van der Waals surface area contributed by atoms with Gasteiger partial charge in [0.25, 0.3) is 5.91 Å². The lowest BCUT2D eigenvalue weighted by molar-refractivity contribution is -0.0148. The molecule has 1 heterocycles. The van der Waals surface area contributed by atoms with Crippen molar-refractivity contribution in [1.29, 1.82) is 0 Å². The third-order valence-corrected chi connectivity index (χ3v) is 3.57. The summed E-state index contributed by atoms with van der Waals surface area (Å²) >= 11 is 0. The lowest BCUT2D eigenvalue weighted by Gasteiger charge is -2.25. The molecule has 6 nitrogen and oxygen atoms in total. The van der Waals surface area contributed by atoms with Gasteiger partial charge in [-0.05, 0) is 18.2 Å². The maximum absolute atomic E-state index is 12.1. The van der Waals surface area contributed by atoms with Gasteiger partial charge in [-0.15, -0.1) is 0 Å². The van der Waals surface area contributed by atoms with Gasteiger partial charge in [0.1, 0.15) is 11.4 Å². The fourth-order valence-electron chi connectivity index (χ4n) is 2.16. The third-order valence-electron chi connectivity index (χ3n) is 3.57. The number of nitrogens with two attached hydrogens (primary N) is 1. The summed E-state index contributed by atoms with van der Waals surface area (Å²) in [5.74, 6) is 0.301. The van der Waals surface area contributed by atoms with Gasteiger partial charge in [-0.3, -0.25) is 4.79 Å². The molecule has 0 bridgehead atoms. The van der Waals surface area contributed by atoms with Gasteiger partial charge < -0.3 is 25.3 Å². The number of ether oxygens (including phenoxy) is 3. The van der Waals surface area contributed by atoms with Crippen molar-refractivity contribution in [1.82, 2.24) is 5.32 Å². The van der Waals surface area contributed by atoms with Crippen molar-refractivity contribution >= 4 is 11.6 Å². The van der Waals surface area contributed by atoms with Crippen molar-refractivity contribution in [3.63, 3.8) is 0 Å². The molecular weight excluding hydrogens is 260 g/mol. The molecule has 1 amide bonds. The molecular formula is C14H20N2O4. The summed E-state index contributed by atoms with van der Waals surface area (Å²) in [6.45, 7) is 1.56. The van der Waals surface area contributed by atoms with Gasteiger partial charge in [0.05, 0.1) is 19.4 Å². The highest BCUT2D eigenvalue weighted by atomic mass is 16.5. The van der Waals surface area contributed by atoms with Crippen molar-refractivity contribution in [3.05, 3.63) is 23.8 Å². The average molecular weight is 280 g/mol. The number of nitrogen functional groups attached to an aromatic ring is 1. The Hall–Kier alpha value is -1.79. The number of benzene rings is 1. The van der Waals surface area contributed by atoms with E-state index in [1.807, 2.05) is 0 Å². The van der Waals surface area contributed by atoms with E-state index in [9.17, 15) is 4.79 Å². The van der Waals surface area contributed by atoms with Crippen molar-refractivity contribution < 1.29 is 19.0 Å². The Morgan fingerprint density at radius 3 is 2.90 bits per heavy atom.